The highest BCUT2D eigenvalue weighted by molar-refractivity contribution is 5.90. The zero-order valence-corrected chi connectivity index (χ0v) is 12.2. The van der Waals surface area contributed by atoms with Crippen LogP contribution in [-0.2, 0) is 11.8 Å². The number of nitrogens with zero attached hydrogens (tertiary/aromatic N) is 4. The number of amides is 1. The van der Waals surface area contributed by atoms with Gasteiger partial charge in [0, 0.05) is 7.05 Å². The molecule has 108 valence electrons. The van der Waals surface area contributed by atoms with Crippen LogP contribution in [-0.4, -0.2) is 31.7 Å². The van der Waals surface area contributed by atoms with Crippen LogP contribution in [0.2, 0.25) is 0 Å². The summed E-state index contributed by atoms with van der Waals surface area (Å²) in [4.78, 5) is 20.3. The van der Waals surface area contributed by atoms with Gasteiger partial charge in [-0.05, 0) is 12.8 Å². The van der Waals surface area contributed by atoms with Gasteiger partial charge in [-0.2, -0.15) is 5.10 Å². The maximum absolute atomic E-state index is 11.6. The van der Waals surface area contributed by atoms with Crippen LogP contribution in [0.15, 0.2) is 6.20 Å². The topological polar surface area (TPSA) is 98.7 Å². The third-order valence-electron chi connectivity index (χ3n) is 3.52. The van der Waals surface area contributed by atoms with Crippen molar-refractivity contribution >= 4 is 22.8 Å². The Labute approximate surface area is 117 Å². The van der Waals surface area contributed by atoms with E-state index in [1.54, 1.807) is 17.8 Å². The van der Waals surface area contributed by atoms with Crippen LogP contribution < -0.4 is 11.1 Å². The van der Waals surface area contributed by atoms with E-state index in [-0.39, 0.29) is 11.8 Å². The van der Waals surface area contributed by atoms with Crippen LogP contribution in [0.4, 0.5) is 5.82 Å². The molecule has 2 atom stereocenters. The van der Waals surface area contributed by atoms with Gasteiger partial charge >= 0.3 is 0 Å². The van der Waals surface area contributed by atoms with Gasteiger partial charge in [0.15, 0.2) is 5.65 Å². The number of anilines is 1. The van der Waals surface area contributed by atoms with Crippen molar-refractivity contribution in [3.63, 3.8) is 0 Å². The minimum absolute atomic E-state index is 0.120. The summed E-state index contributed by atoms with van der Waals surface area (Å²) in [6, 6.07) is -0.460. The highest BCUT2D eigenvalue weighted by Crippen LogP contribution is 2.22. The van der Waals surface area contributed by atoms with Crippen molar-refractivity contribution in [3.05, 3.63) is 12.0 Å². The van der Waals surface area contributed by atoms with E-state index < -0.39 is 6.04 Å². The van der Waals surface area contributed by atoms with Crippen molar-refractivity contribution in [2.45, 2.75) is 33.2 Å². The summed E-state index contributed by atoms with van der Waals surface area (Å²) >= 11 is 0. The van der Waals surface area contributed by atoms with E-state index in [0.29, 0.717) is 11.6 Å². The second-order valence-electron chi connectivity index (χ2n) is 5.03. The molecule has 1 amide bonds. The van der Waals surface area contributed by atoms with Crippen molar-refractivity contribution in [1.82, 2.24) is 19.7 Å². The lowest BCUT2D eigenvalue weighted by molar-refractivity contribution is -0.119. The SMILES string of the molecule is CC[C@H](C)[C@H](Nc1nc(C)nc2c1cnn2C)C(N)=O. The Morgan fingerprint density at radius 2 is 2.20 bits per heavy atom. The fraction of sp³-hybridized carbons (Fsp3) is 0.538. The minimum Gasteiger partial charge on any atom is -0.368 e. The number of carbonyl (C=O) groups excluding carboxylic acids is 1. The van der Waals surface area contributed by atoms with Gasteiger partial charge in [-0.15, -0.1) is 0 Å². The van der Waals surface area contributed by atoms with E-state index in [4.69, 9.17) is 5.73 Å². The van der Waals surface area contributed by atoms with Crippen molar-refractivity contribution < 1.29 is 4.79 Å². The van der Waals surface area contributed by atoms with Crippen LogP contribution in [0.5, 0.6) is 0 Å². The molecule has 2 aromatic rings. The first-order valence-corrected chi connectivity index (χ1v) is 6.66. The van der Waals surface area contributed by atoms with Crippen LogP contribution in [0.3, 0.4) is 0 Å². The molecule has 2 heterocycles. The number of aromatic nitrogens is 4. The molecule has 0 unspecified atom stereocenters. The standard InChI is InChI=1S/C13H20N6O/c1-5-7(2)10(11(14)20)18-12-9-6-15-19(4)13(9)17-8(3)16-12/h6-7,10H,5H2,1-4H3,(H2,14,20)(H,16,17,18)/t7-,10-/m0/s1. The van der Waals surface area contributed by atoms with Crippen LogP contribution >= 0.6 is 0 Å². The van der Waals surface area contributed by atoms with Crippen LogP contribution in [0.25, 0.3) is 11.0 Å². The molecule has 0 aliphatic carbocycles. The van der Waals surface area contributed by atoms with Gasteiger partial charge in [-0.3, -0.25) is 9.48 Å². The lowest BCUT2D eigenvalue weighted by Gasteiger charge is -2.22. The molecular formula is C13H20N6O. The molecule has 20 heavy (non-hydrogen) atoms. The van der Waals surface area contributed by atoms with E-state index in [1.807, 2.05) is 20.9 Å². The first-order chi connectivity index (χ1) is 9.43. The lowest BCUT2D eigenvalue weighted by Crippen LogP contribution is -2.40. The Morgan fingerprint density at radius 1 is 1.50 bits per heavy atom. The van der Waals surface area contributed by atoms with E-state index in [9.17, 15) is 4.79 Å². The summed E-state index contributed by atoms with van der Waals surface area (Å²) in [5, 5.41) is 8.10. The first-order valence-electron chi connectivity index (χ1n) is 6.66. The average Bonchev–Trinajstić information content (AvgIpc) is 2.76. The second-order valence-corrected chi connectivity index (χ2v) is 5.03. The van der Waals surface area contributed by atoms with Gasteiger partial charge in [0.05, 0.1) is 11.6 Å². The Balaban J connectivity index is 2.44. The van der Waals surface area contributed by atoms with Crippen molar-refractivity contribution in [2.24, 2.45) is 18.7 Å². The first kappa shape index (κ1) is 14.2. The highest BCUT2D eigenvalue weighted by Gasteiger charge is 2.23. The summed E-state index contributed by atoms with van der Waals surface area (Å²) in [6.45, 7) is 5.81. The molecule has 2 aromatic heterocycles. The number of hydrogen-bond donors (Lipinski definition) is 2. The molecule has 0 bridgehead atoms. The number of primary amides is 1. The molecule has 0 spiro atoms. The van der Waals surface area contributed by atoms with Gasteiger partial charge in [0.2, 0.25) is 5.91 Å². The second kappa shape index (κ2) is 5.44. The maximum Gasteiger partial charge on any atom is 0.240 e. The van der Waals surface area contributed by atoms with Crippen LogP contribution in [0.1, 0.15) is 26.1 Å². The summed E-state index contributed by atoms with van der Waals surface area (Å²) in [7, 11) is 1.82. The molecule has 0 fully saturated rings. The summed E-state index contributed by atoms with van der Waals surface area (Å²) in [5.74, 6) is 0.961. The maximum atomic E-state index is 11.6. The highest BCUT2D eigenvalue weighted by atomic mass is 16.1. The summed E-state index contributed by atoms with van der Waals surface area (Å²) in [5.41, 5.74) is 6.21. The van der Waals surface area contributed by atoms with Gasteiger partial charge < -0.3 is 11.1 Å². The third kappa shape index (κ3) is 2.56. The fourth-order valence-electron chi connectivity index (χ4n) is 2.12. The monoisotopic (exact) mass is 276 g/mol. The molecule has 3 N–H and O–H groups in total. The van der Waals surface area contributed by atoms with E-state index >= 15 is 0 Å². The van der Waals surface area contributed by atoms with Gasteiger partial charge in [-0.25, -0.2) is 9.97 Å². The number of nitrogens with two attached hydrogens (primary N) is 1. The molecule has 2 rings (SSSR count). The molecule has 0 saturated heterocycles. The molecule has 0 aromatic carbocycles. The molecule has 0 saturated carbocycles. The Morgan fingerprint density at radius 3 is 2.80 bits per heavy atom. The zero-order valence-electron chi connectivity index (χ0n) is 12.2. The lowest BCUT2D eigenvalue weighted by atomic mass is 9.98. The number of hydrogen-bond acceptors (Lipinski definition) is 5. The summed E-state index contributed by atoms with van der Waals surface area (Å²) in [6.07, 6.45) is 2.53. The Bertz CT molecular complexity index is 635. The average molecular weight is 276 g/mol. The summed E-state index contributed by atoms with van der Waals surface area (Å²) < 4.78 is 1.68. The number of aryl methyl sites for hydroxylation is 2. The smallest absolute Gasteiger partial charge is 0.240 e. The van der Waals surface area contributed by atoms with Crippen molar-refractivity contribution in [2.75, 3.05) is 5.32 Å². The van der Waals surface area contributed by atoms with E-state index in [1.165, 1.54) is 0 Å². The molecule has 7 heteroatoms. The van der Waals surface area contributed by atoms with Gasteiger partial charge in [0.25, 0.3) is 0 Å². The molecule has 0 aliphatic rings. The molecular weight excluding hydrogens is 256 g/mol. The predicted molar refractivity (Wildman–Crippen MR) is 77.1 cm³/mol. The van der Waals surface area contributed by atoms with Crippen molar-refractivity contribution in [1.29, 1.82) is 0 Å². The molecule has 0 radical (unpaired) electrons. The number of fused-ring (bicyclic) bond motifs is 1. The quantitative estimate of drug-likeness (QED) is 0.848. The third-order valence-corrected chi connectivity index (χ3v) is 3.52. The minimum atomic E-state index is -0.460. The zero-order chi connectivity index (χ0) is 14.9. The Hall–Kier alpha value is -2.18. The molecule has 7 nitrogen and oxygen atoms in total. The van der Waals surface area contributed by atoms with E-state index in [2.05, 4.69) is 20.4 Å². The number of nitrogens with one attached hydrogen (secondary N) is 1. The molecule has 0 aliphatic heterocycles. The van der Waals surface area contributed by atoms with Gasteiger partial charge in [-0.1, -0.05) is 20.3 Å². The largest absolute Gasteiger partial charge is 0.368 e. The number of rotatable bonds is 5. The fourth-order valence-corrected chi connectivity index (χ4v) is 2.12. The van der Waals surface area contributed by atoms with E-state index in [0.717, 1.165) is 17.5 Å². The Kier molecular flexibility index (Phi) is 3.87. The number of carbonyl (C=O) groups is 1. The van der Waals surface area contributed by atoms with Gasteiger partial charge in [0.1, 0.15) is 17.7 Å². The van der Waals surface area contributed by atoms with Crippen LogP contribution in [0, 0.1) is 12.8 Å². The van der Waals surface area contributed by atoms with Crippen molar-refractivity contribution in [3.8, 4) is 0 Å². The predicted octanol–water partition coefficient (Wildman–Crippen LogP) is 0.984. The normalized spacial score (nSPS) is 14.2.